The molecule has 0 aliphatic carbocycles. The smallest absolute Gasteiger partial charge is 0.231 e. The van der Waals surface area contributed by atoms with Crippen molar-refractivity contribution < 1.29 is 59.4 Å². The average molecular weight is 476 g/mol. The number of ether oxygens (including phenoxy) is 5. The summed E-state index contributed by atoms with van der Waals surface area (Å²) in [6.45, 7) is 2.70. The Balaban J connectivity index is 0.000000218. The van der Waals surface area contributed by atoms with Gasteiger partial charge >= 0.3 is 0 Å². The lowest BCUT2D eigenvalue weighted by atomic mass is 9.91. The lowest BCUT2D eigenvalue weighted by Gasteiger charge is -2.40. The topological polar surface area (TPSA) is 188 Å². The maximum atomic E-state index is 10.1. The van der Waals surface area contributed by atoms with Crippen LogP contribution in [0.3, 0.4) is 0 Å². The predicted molar refractivity (Wildman–Crippen MR) is 110 cm³/mol. The molecule has 6 unspecified atom stereocenters. The third-order valence-corrected chi connectivity index (χ3v) is 5.95. The van der Waals surface area contributed by atoms with Gasteiger partial charge in [0.1, 0.15) is 42.4 Å². The minimum atomic E-state index is -1.24. The van der Waals surface area contributed by atoms with Crippen LogP contribution in [-0.4, -0.2) is 111 Å². The minimum Gasteiger partial charge on any atom is -0.462 e. The van der Waals surface area contributed by atoms with E-state index in [1.165, 1.54) is 0 Å². The molecule has 1 aromatic carbocycles. The first kappa shape index (κ1) is 25.9. The van der Waals surface area contributed by atoms with Gasteiger partial charge in [0.05, 0.1) is 25.4 Å². The summed E-state index contributed by atoms with van der Waals surface area (Å²) in [6.07, 6.45) is -8.65. The van der Waals surface area contributed by atoms with Crippen molar-refractivity contribution >= 4 is 0 Å². The molecule has 7 N–H and O–H groups in total. The van der Waals surface area contributed by atoms with Crippen LogP contribution < -0.4 is 14.2 Å². The summed E-state index contributed by atoms with van der Waals surface area (Å²) in [6, 6.07) is 5.02. The molecule has 12 heteroatoms. The summed E-state index contributed by atoms with van der Waals surface area (Å²) in [7, 11) is 0. The highest BCUT2D eigenvalue weighted by Gasteiger charge is 2.43. The van der Waals surface area contributed by atoms with E-state index >= 15 is 0 Å². The van der Waals surface area contributed by atoms with E-state index in [0.29, 0.717) is 17.2 Å². The minimum absolute atomic E-state index is 0.164. The molecule has 0 radical (unpaired) electrons. The van der Waals surface area contributed by atoms with Crippen molar-refractivity contribution in [2.45, 2.75) is 69.0 Å². The zero-order chi connectivity index (χ0) is 24.3. The Morgan fingerprint density at radius 1 is 0.788 bits per heavy atom. The third-order valence-electron chi connectivity index (χ3n) is 5.95. The van der Waals surface area contributed by atoms with Gasteiger partial charge in [-0.05, 0) is 19.1 Å². The summed E-state index contributed by atoms with van der Waals surface area (Å²) in [5, 5.41) is 65.6. The van der Waals surface area contributed by atoms with Gasteiger partial charge in [-0.1, -0.05) is 6.92 Å². The Morgan fingerprint density at radius 3 is 2.09 bits per heavy atom. The van der Waals surface area contributed by atoms with E-state index in [1.54, 1.807) is 32.0 Å². The van der Waals surface area contributed by atoms with Crippen LogP contribution in [0.1, 0.15) is 13.8 Å². The SMILES string of the molecule is CC1C(O)[C@@H](Oc2ccc3c(c2)OCO3)OC(CO)[C@H]1O.C[C@H]1OC(CO)[C@@H](O)C(O)C1O. The maximum absolute atomic E-state index is 10.1. The Hall–Kier alpha value is -1.74. The molecule has 0 aromatic heterocycles. The fourth-order valence-electron chi connectivity index (χ4n) is 3.74. The van der Waals surface area contributed by atoms with E-state index in [1.807, 2.05) is 0 Å². The normalized spacial score (nSPS) is 40.0. The lowest BCUT2D eigenvalue weighted by Crippen LogP contribution is -2.57. The van der Waals surface area contributed by atoms with Gasteiger partial charge in [0.2, 0.25) is 13.1 Å². The number of hydrogen-bond acceptors (Lipinski definition) is 12. The number of aliphatic hydroxyl groups is 7. The van der Waals surface area contributed by atoms with Crippen LogP contribution in [0.2, 0.25) is 0 Å². The third kappa shape index (κ3) is 5.67. The van der Waals surface area contributed by atoms with Gasteiger partial charge in [-0.25, -0.2) is 0 Å². The van der Waals surface area contributed by atoms with E-state index < -0.39 is 61.0 Å². The van der Waals surface area contributed by atoms with Gasteiger partial charge in [0, 0.05) is 12.0 Å². The summed E-state index contributed by atoms with van der Waals surface area (Å²) < 4.78 is 26.5. The second-order valence-electron chi connectivity index (χ2n) is 8.23. The molecular formula is C21H32O12. The van der Waals surface area contributed by atoms with Crippen molar-refractivity contribution in [3.63, 3.8) is 0 Å². The van der Waals surface area contributed by atoms with E-state index in [-0.39, 0.29) is 20.0 Å². The molecule has 10 atom stereocenters. The molecule has 3 aliphatic rings. The summed E-state index contributed by atoms with van der Waals surface area (Å²) in [5.74, 6) is 1.16. The number of benzene rings is 1. The van der Waals surface area contributed by atoms with E-state index in [4.69, 9.17) is 28.8 Å². The van der Waals surface area contributed by atoms with Crippen molar-refractivity contribution in [2.75, 3.05) is 20.0 Å². The molecule has 3 aliphatic heterocycles. The molecule has 12 nitrogen and oxygen atoms in total. The molecule has 1 aromatic rings. The molecule has 0 spiro atoms. The van der Waals surface area contributed by atoms with Crippen molar-refractivity contribution in [3.05, 3.63) is 18.2 Å². The number of fused-ring (bicyclic) bond motifs is 1. The van der Waals surface area contributed by atoms with Crippen LogP contribution in [0.4, 0.5) is 0 Å². The predicted octanol–water partition coefficient (Wildman–Crippen LogP) is -2.28. The fraction of sp³-hybridized carbons (Fsp3) is 0.714. The van der Waals surface area contributed by atoms with Gasteiger partial charge in [0.15, 0.2) is 11.5 Å². The Kier molecular flexibility index (Phi) is 8.72. The van der Waals surface area contributed by atoms with Crippen LogP contribution in [0.25, 0.3) is 0 Å². The maximum Gasteiger partial charge on any atom is 0.231 e. The molecule has 4 rings (SSSR count). The van der Waals surface area contributed by atoms with Gasteiger partial charge in [-0.15, -0.1) is 0 Å². The van der Waals surface area contributed by atoms with Crippen LogP contribution in [0.15, 0.2) is 18.2 Å². The summed E-state index contributed by atoms with van der Waals surface area (Å²) in [4.78, 5) is 0. The highest BCUT2D eigenvalue weighted by Crippen LogP contribution is 2.36. The molecule has 2 saturated heterocycles. The zero-order valence-corrected chi connectivity index (χ0v) is 18.3. The summed E-state index contributed by atoms with van der Waals surface area (Å²) >= 11 is 0. The molecule has 3 heterocycles. The molecular weight excluding hydrogens is 444 g/mol. The quantitative estimate of drug-likeness (QED) is 0.247. The number of hydrogen-bond donors (Lipinski definition) is 7. The Labute approximate surface area is 190 Å². The highest BCUT2D eigenvalue weighted by atomic mass is 16.7. The summed E-state index contributed by atoms with van der Waals surface area (Å²) in [5.41, 5.74) is 0. The van der Waals surface area contributed by atoms with Crippen LogP contribution in [-0.2, 0) is 9.47 Å². The molecule has 188 valence electrons. The van der Waals surface area contributed by atoms with Gasteiger partial charge in [-0.3, -0.25) is 0 Å². The highest BCUT2D eigenvalue weighted by molar-refractivity contribution is 5.46. The van der Waals surface area contributed by atoms with E-state index in [2.05, 4.69) is 0 Å². The van der Waals surface area contributed by atoms with Crippen molar-refractivity contribution in [2.24, 2.45) is 5.92 Å². The zero-order valence-electron chi connectivity index (χ0n) is 18.3. The van der Waals surface area contributed by atoms with Crippen LogP contribution >= 0.6 is 0 Å². The molecule has 0 saturated carbocycles. The Morgan fingerprint density at radius 2 is 1.42 bits per heavy atom. The first-order chi connectivity index (χ1) is 15.7. The van der Waals surface area contributed by atoms with Gasteiger partial charge in [-0.2, -0.15) is 0 Å². The molecule has 2 fully saturated rings. The van der Waals surface area contributed by atoms with Gasteiger partial charge < -0.3 is 59.4 Å². The largest absolute Gasteiger partial charge is 0.462 e. The molecule has 0 amide bonds. The lowest BCUT2D eigenvalue weighted by molar-refractivity contribution is -0.260. The second kappa shape index (κ2) is 11.1. The van der Waals surface area contributed by atoms with Crippen molar-refractivity contribution in [1.82, 2.24) is 0 Å². The Bertz CT molecular complexity index is 756. The number of rotatable bonds is 4. The second-order valence-corrected chi connectivity index (χ2v) is 8.23. The monoisotopic (exact) mass is 476 g/mol. The van der Waals surface area contributed by atoms with E-state index in [0.717, 1.165) is 0 Å². The van der Waals surface area contributed by atoms with Crippen LogP contribution in [0, 0.1) is 5.92 Å². The fourth-order valence-corrected chi connectivity index (χ4v) is 3.74. The molecule has 33 heavy (non-hydrogen) atoms. The average Bonchev–Trinajstić information content (AvgIpc) is 3.28. The first-order valence-electron chi connectivity index (χ1n) is 10.7. The first-order valence-corrected chi connectivity index (χ1v) is 10.7. The number of aliphatic hydroxyl groups excluding tert-OH is 7. The van der Waals surface area contributed by atoms with Crippen LogP contribution in [0.5, 0.6) is 17.2 Å². The van der Waals surface area contributed by atoms with E-state index in [9.17, 15) is 30.6 Å². The van der Waals surface area contributed by atoms with Crippen molar-refractivity contribution in [1.29, 1.82) is 0 Å². The standard InChI is InChI=1S/C14H18O7.C7H14O5/c1-7-12(16)11(5-15)21-14(13(7)17)20-8-2-3-9-10(4-8)19-6-18-9;1-3-5(9)7(11)6(10)4(2-8)12-3/h2-4,7,11-17H,5-6H2,1H3;3-11H,2H2,1H3/t7?,11?,12-,13?,14-;3-,4?,5?,6-,7?/m01/s1. The van der Waals surface area contributed by atoms with Gasteiger partial charge in [0.25, 0.3) is 0 Å². The van der Waals surface area contributed by atoms with Crippen molar-refractivity contribution in [3.8, 4) is 17.2 Å². The molecule has 0 bridgehead atoms.